The van der Waals surface area contributed by atoms with Crippen LogP contribution in [0.1, 0.15) is 226 Å². The Hall–Kier alpha value is -2.40. The Morgan fingerprint density at radius 3 is 1.23 bits per heavy atom. The number of carbonyl (C=O) groups excluding carboxylic acids is 2. The van der Waals surface area contributed by atoms with Crippen LogP contribution >= 0.6 is 0 Å². The number of ether oxygens (including phenoxy) is 3. The van der Waals surface area contributed by atoms with Crippen molar-refractivity contribution in [1.82, 2.24) is 0 Å². The van der Waals surface area contributed by atoms with Crippen molar-refractivity contribution >= 4 is 11.9 Å². The summed E-state index contributed by atoms with van der Waals surface area (Å²) in [6, 6.07) is 0. The lowest BCUT2D eigenvalue weighted by atomic mass is 10.1. The zero-order chi connectivity index (χ0) is 40.7. The van der Waals surface area contributed by atoms with Crippen molar-refractivity contribution < 1.29 is 23.8 Å². The summed E-state index contributed by atoms with van der Waals surface area (Å²) in [4.78, 5) is 25.2. The van der Waals surface area contributed by atoms with Crippen LogP contribution in [0, 0.1) is 0 Å². The molecular weight excluding hydrogens is 693 g/mol. The van der Waals surface area contributed by atoms with Crippen LogP contribution in [-0.2, 0) is 23.8 Å². The van der Waals surface area contributed by atoms with E-state index in [0.29, 0.717) is 19.4 Å². The second-order valence-corrected chi connectivity index (χ2v) is 15.7. The molecule has 0 N–H and O–H groups in total. The molecule has 0 aliphatic heterocycles. The van der Waals surface area contributed by atoms with E-state index in [1.54, 1.807) is 0 Å². The Balaban J connectivity index is 4.14. The van der Waals surface area contributed by atoms with Crippen molar-refractivity contribution in [3.63, 3.8) is 0 Å². The molecule has 0 aromatic heterocycles. The van der Waals surface area contributed by atoms with Crippen molar-refractivity contribution in [2.75, 3.05) is 19.8 Å². The van der Waals surface area contributed by atoms with Crippen molar-refractivity contribution in [2.45, 2.75) is 232 Å². The molecule has 0 rings (SSSR count). The highest BCUT2D eigenvalue weighted by Crippen LogP contribution is 2.13. The van der Waals surface area contributed by atoms with Crippen LogP contribution in [0.15, 0.2) is 60.8 Å². The second-order valence-electron chi connectivity index (χ2n) is 15.7. The molecule has 1 unspecified atom stereocenters. The number of carbonyl (C=O) groups is 2. The smallest absolute Gasteiger partial charge is 0.306 e. The van der Waals surface area contributed by atoms with Crippen LogP contribution in [-0.4, -0.2) is 37.9 Å². The maximum atomic E-state index is 12.7. The Bertz CT molecular complexity index is 977. The van der Waals surface area contributed by atoms with Gasteiger partial charge in [-0.3, -0.25) is 9.59 Å². The van der Waals surface area contributed by atoms with Gasteiger partial charge < -0.3 is 14.2 Å². The monoisotopic (exact) mass is 783 g/mol. The first-order valence-corrected chi connectivity index (χ1v) is 23.8. The maximum absolute atomic E-state index is 12.7. The van der Waals surface area contributed by atoms with Gasteiger partial charge in [0.15, 0.2) is 6.10 Å². The number of esters is 2. The first-order chi connectivity index (χ1) is 27.6. The maximum Gasteiger partial charge on any atom is 0.306 e. The summed E-state index contributed by atoms with van der Waals surface area (Å²) in [6.07, 6.45) is 58.0. The molecule has 0 aliphatic carbocycles. The van der Waals surface area contributed by atoms with E-state index in [-0.39, 0.29) is 25.2 Å². The zero-order valence-corrected chi connectivity index (χ0v) is 37.1. The van der Waals surface area contributed by atoms with Gasteiger partial charge in [0.25, 0.3) is 0 Å². The van der Waals surface area contributed by atoms with Gasteiger partial charge in [-0.05, 0) is 89.9 Å². The summed E-state index contributed by atoms with van der Waals surface area (Å²) < 4.78 is 17.2. The highest BCUT2D eigenvalue weighted by molar-refractivity contribution is 5.70. The zero-order valence-electron chi connectivity index (χ0n) is 37.1. The van der Waals surface area contributed by atoms with Crippen molar-refractivity contribution in [2.24, 2.45) is 0 Å². The van der Waals surface area contributed by atoms with Gasteiger partial charge in [-0.15, -0.1) is 0 Å². The summed E-state index contributed by atoms with van der Waals surface area (Å²) in [6.45, 7) is 7.71. The van der Waals surface area contributed by atoms with E-state index in [2.05, 4.69) is 81.5 Å². The second kappa shape index (κ2) is 47.0. The first-order valence-electron chi connectivity index (χ1n) is 23.8. The molecule has 0 saturated carbocycles. The predicted octanol–water partition coefficient (Wildman–Crippen LogP) is 15.8. The van der Waals surface area contributed by atoms with Gasteiger partial charge >= 0.3 is 11.9 Å². The summed E-state index contributed by atoms with van der Waals surface area (Å²) in [5, 5.41) is 0. The standard InChI is InChI=1S/C51H90O5/c1-4-7-10-13-16-18-20-22-24-25-26-27-29-30-32-34-36-38-41-44-50(52)55-48-49(47-54-46-43-40-15-12-9-6-3)56-51(53)45-42-39-37-35-33-31-28-23-21-19-17-14-11-8-5-2/h16-19,22-24,26-28,49H,4-15,20-21,25,29-48H2,1-3H3/b18-16-,19-17-,24-22-,27-26-,28-23-. The highest BCUT2D eigenvalue weighted by atomic mass is 16.6. The van der Waals surface area contributed by atoms with E-state index in [9.17, 15) is 9.59 Å². The summed E-state index contributed by atoms with van der Waals surface area (Å²) in [7, 11) is 0. The van der Waals surface area contributed by atoms with E-state index >= 15 is 0 Å². The van der Waals surface area contributed by atoms with E-state index in [0.717, 1.165) is 83.5 Å². The molecule has 0 fully saturated rings. The molecule has 0 saturated heterocycles. The molecule has 0 aliphatic rings. The molecule has 0 aromatic carbocycles. The highest BCUT2D eigenvalue weighted by Gasteiger charge is 2.17. The van der Waals surface area contributed by atoms with Crippen molar-refractivity contribution in [1.29, 1.82) is 0 Å². The third kappa shape index (κ3) is 44.3. The average molecular weight is 783 g/mol. The lowest BCUT2D eigenvalue weighted by Crippen LogP contribution is -2.30. The van der Waals surface area contributed by atoms with E-state index in [1.165, 1.54) is 109 Å². The molecule has 0 spiro atoms. The van der Waals surface area contributed by atoms with Gasteiger partial charge in [0.05, 0.1) is 6.61 Å². The Labute approximate surface area is 347 Å². The quantitative estimate of drug-likeness (QED) is 0.0350. The summed E-state index contributed by atoms with van der Waals surface area (Å²) >= 11 is 0. The molecule has 5 heteroatoms. The fraction of sp³-hybridized carbons (Fsp3) is 0.765. The van der Waals surface area contributed by atoms with Crippen LogP contribution in [0.3, 0.4) is 0 Å². The van der Waals surface area contributed by atoms with E-state index in [4.69, 9.17) is 14.2 Å². The minimum Gasteiger partial charge on any atom is -0.462 e. The van der Waals surface area contributed by atoms with Crippen LogP contribution in [0.4, 0.5) is 0 Å². The Morgan fingerprint density at radius 2 is 0.750 bits per heavy atom. The van der Waals surface area contributed by atoms with Gasteiger partial charge in [-0.25, -0.2) is 0 Å². The molecule has 0 heterocycles. The average Bonchev–Trinajstić information content (AvgIpc) is 3.20. The number of hydrogen-bond donors (Lipinski definition) is 0. The fourth-order valence-corrected chi connectivity index (χ4v) is 6.43. The van der Waals surface area contributed by atoms with Gasteiger partial charge in [0.1, 0.15) is 6.61 Å². The van der Waals surface area contributed by atoms with Crippen LogP contribution in [0.25, 0.3) is 0 Å². The van der Waals surface area contributed by atoms with E-state index < -0.39 is 6.10 Å². The molecule has 0 aromatic rings. The van der Waals surface area contributed by atoms with Gasteiger partial charge in [0.2, 0.25) is 0 Å². The largest absolute Gasteiger partial charge is 0.462 e. The minimum atomic E-state index is -0.545. The lowest BCUT2D eigenvalue weighted by Gasteiger charge is -2.18. The molecule has 56 heavy (non-hydrogen) atoms. The lowest BCUT2D eigenvalue weighted by molar-refractivity contribution is -0.163. The number of rotatable bonds is 43. The predicted molar refractivity (Wildman–Crippen MR) is 242 cm³/mol. The fourth-order valence-electron chi connectivity index (χ4n) is 6.43. The van der Waals surface area contributed by atoms with Crippen LogP contribution in [0.5, 0.6) is 0 Å². The van der Waals surface area contributed by atoms with Crippen LogP contribution < -0.4 is 0 Å². The summed E-state index contributed by atoms with van der Waals surface area (Å²) in [5.41, 5.74) is 0. The first kappa shape index (κ1) is 53.6. The molecule has 0 amide bonds. The van der Waals surface area contributed by atoms with E-state index in [1.807, 2.05) is 0 Å². The topological polar surface area (TPSA) is 61.8 Å². The summed E-state index contributed by atoms with van der Waals surface area (Å²) in [5.74, 6) is -0.429. The molecule has 324 valence electrons. The van der Waals surface area contributed by atoms with Crippen LogP contribution in [0.2, 0.25) is 0 Å². The SMILES string of the molecule is CCCCC/C=C\C/C=C\C/C=C\CCCCCCCCC(=O)OCC(COCCCCCCCC)OC(=O)CCCCCCC/C=C\C/C=C\CCCCC. The minimum absolute atomic E-state index is 0.0721. The Kier molecular flexibility index (Phi) is 45.0. The molecule has 1 atom stereocenters. The number of allylic oxidation sites excluding steroid dienone is 10. The Morgan fingerprint density at radius 1 is 0.393 bits per heavy atom. The number of hydrogen-bond acceptors (Lipinski definition) is 5. The van der Waals surface area contributed by atoms with Gasteiger partial charge in [-0.2, -0.15) is 0 Å². The molecular formula is C51H90O5. The molecule has 0 radical (unpaired) electrons. The number of unbranched alkanes of at least 4 members (excludes halogenated alkanes) is 22. The van der Waals surface area contributed by atoms with Crippen molar-refractivity contribution in [3.8, 4) is 0 Å². The van der Waals surface area contributed by atoms with Gasteiger partial charge in [-0.1, -0.05) is 184 Å². The van der Waals surface area contributed by atoms with Gasteiger partial charge in [0, 0.05) is 19.4 Å². The third-order valence-electron chi connectivity index (χ3n) is 10.0. The third-order valence-corrected chi connectivity index (χ3v) is 10.0. The molecule has 0 bridgehead atoms. The molecule has 5 nitrogen and oxygen atoms in total. The normalized spacial score (nSPS) is 12.7. The van der Waals surface area contributed by atoms with Crippen molar-refractivity contribution in [3.05, 3.63) is 60.8 Å².